The first-order chi connectivity index (χ1) is 10.6. The van der Waals surface area contributed by atoms with Crippen LogP contribution in [0.1, 0.15) is 12.6 Å². The van der Waals surface area contributed by atoms with Crippen molar-refractivity contribution < 1.29 is 9.59 Å². The van der Waals surface area contributed by atoms with Gasteiger partial charge < -0.3 is 9.88 Å². The van der Waals surface area contributed by atoms with E-state index < -0.39 is 0 Å². The van der Waals surface area contributed by atoms with Gasteiger partial charge in [0, 0.05) is 27.7 Å². The van der Waals surface area contributed by atoms with Crippen LogP contribution in [-0.2, 0) is 4.79 Å². The number of carbonyl (C=O) groups is 2. The Morgan fingerprint density at radius 3 is 2.55 bits per heavy atom. The number of rotatable bonds is 3. The summed E-state index contributed by atoms with van der Waals surface area (Å²) in [5.74, 6) is -0.289. The van der Waals surface area contributed by atoms with E-state index in [1.54, 1.807) is 13.0 Å². The normalized spacial score (nSPS) is 16.5. The van der Waals surface area contributed by atoms with Crippen LogP contribution < -0.4 is 5.32 Å². The fourth-order valence-electron chi connectivity index (χ4n) is 2.36. The van der Waals surface area contributed by atoms with Crippen LogP contribution in [0.2, 0.25) is 0 Å². The van der Waals surface area contributed by atoms with Crippen LogP contribution in [0.5, 0.6) is 0 Å². The number of benzene rings is 1. The van der Waals surface area contributed by atoms with E-state index in [1.807, 2.05) is 47.2 Å². The number of carbonyl (C=O) groups excluding carboxylic acids is 2. The van der Waals surface area contributed by atoms with Crippen LogP contribution in [0.15, 0.2) is 48.3 Å². The zero-order valence-corrected chi connectivity index (χ0v) is 14.1. The van der Waals surface area contributed by atoms with Gasteiger partial charge in [-0.3, -0.25) is 9.69 Å². The van der Waals surface area contributed by atoms with Crippen LogP contribution in [-0.4, -0.2) is 28.0 Å². The number of halogens is 1. The standard InChI is InChI=1S/C16H14IN3O2/c1-2-19-15(21)14(18-16(19)22)10-13-4-3-9-20(13)12-7-5-11(17)6-8-12/h3-10H,2H2,1H3,(H,18,22)/b14-10+. The lowest BCUT2D eigenvalue weighted by molar-refractivity contribution is -0.122. The smallest absolute Gasteiger partial charge is 0.317 e. The van der Waals surface area contributed by atoms with Crippen molar-refractivity contribution in [3.63, 3.8) is 0 Å². The average molecular weight is 407 g/mol. The molecule has 1 fully saturated rings. The Labute approximate surface area is 141 Å². The molecule has 0 aliphatic carbocycles. The van der Waals surface area contributed by atoms with Gasteiger partial charge in [0.05, 0.1) is 0 Å². The Morgan fingerprint density at radius 2 is 1.91 bits per heavy atom. The Kier molecular flexibility index (Phi) is 4.02. The van der Waals surface area contributed by atoms with Gasteiger partial charge in [-0.15, -0.1) is 0 Å². The van der Waals surface area contributed by atoms with Gasteiger partial charge in [0.15, 0.2) is 0 Å². The SMILES string of the molecule is CCN1C(=O)N/C(=C/c2cccn2-c2ccc(I)cc2)C1=O. The van der Waals surface area contributed by atoms with Crippen molar-refractivity contribution in [2.24, 2.45) is 0 Å². The second kappa shape index (κ2) is 5.96. The highest BCUT2D eigenvalue weighted by Gasteiger charge is 2.32. The third kappa shape index (κ3) is 2.66. The summed E-state index contributed by atoms with van der Waals surface area (Å²) in [5, 5.41) is 2.61. The first-order valence-electron chi connectivity index (χ1n) is 6.88. The second-order valence-electron chi connectivity index (χ2n) is 4.82. The van der Waals surface area contributed by atoms with E-state index in [2.05, 4.69) is 27.9 Å². The maximum absolute atomic E-state index is 12.1. The Bertz CT molecular complexity index is 762. The van der Waals surface area contributed by atoms with Gasteiger partial charge in [0.25, 0.3) is 5.91 Å². The molecule has 1 aliphatic heterocycles. The maximum Gasteiger partial charge on any atom is 0.328 e. The number of hydrogen-bond donors (Lipinski definition) is 1. The van der Waals surface area contributed by atoms with E-state index in [-0.39, 0.29) is 11.9 Å². The summed E-state index contributed by atoms with van der Waals surface area (Å²) < 4.78 is 3.13. The molecule has 1 aromatic heterocycles. The molecule has 0 saturated carbocycles. The third-order valence-electron chi connectivity index (χ3n) is 3.46. The largest absolute Gasteiger partial charge is 0.328 e. The van der Waals surface area contributed by atoms with Crippen molar-refractivity contribution >= 4 is 40.6 Å². The van der Waals surface area contributed by atoms with Gasteiger partial charge in [-0.25, -0.2) is 4.79 Å². The summed E-state index contributed by atoms with van der Waals surface area (Å²) >= 11 is 2.26. The van der Waals surface area contributed by atoms with Crippen LogP contribution in [0.25, 0.3) is 11.8 Å². The van der Waals surface area contributed by atoms with Crippen molar-refractivity contribution in [1.82, 2.24) is 14.8 Å². The van der Waals surface area contributed by atoms with Gasteiger partial charge in [-0.2, -0.15) is 0 Å². The topological polar surface area (TPSA) is 54.3 Å². The molecule has 0 unspecified atom stereocenters. The van der Waals surface area contributed by atoms with Gasteiger partial charge in [0.1, 0.15) is 5.70 Å². The highest BCUT2D eigenvalue weighted by molar-refractivity contribution is 14.1. The molecule has 3 rings (SSSR count). The monoisotopic (exact) mass is 407 g/mol. The molecule has 0 bridgehead atoms. The summed E-state index contributed by atoms with van der Waals surface area (Å²) in [6.07, 6.45) is 3.63. The lowest BCUT2D eigenvalue weighted by atomic mass is 10.3. The average Bonchev–Trinajstić information content (AvgIpc) is 3.06. The number of aromatic nitrogens is 1. The van der Waals surface area contributed by atoms with Crippen molar-refractivity contribution in [2.45, 2.75) is 6.92 Å². The summed E-state index contributed by atoms with van der Waals surface area (Å²) in [6, 6.07) is 11.5. The quantitative estimate of drug-likeness (QED) is 0.483. The molecule has 1 aromatic carbocycles. The predicted octanol–water partition coefficient (Wildman–Crippen LogP) is 2.99. The van der Waals surface area contributed by atoms with E-state index >= 15 is 0 Å². The summed E-state index contributed by atoms with van der Waals surface area (Å²) in [4.78, 5) is 25.0. The molecule has 1 N–H and O–H groups in total. The molecule has 0 radical (unpaired) electrons. The zero-order valence-electron chi connectivity index (χ0n) is 11.9. The minimum Gasteiger partial charge on any atom is -0.317 e. The van der Waals surface area contributed by atoms with Crippen molar-refractivity contribution in [3.8, 4) is 5.69 Å². The maximum atomic E-state index is 12.1. The molecule has 1 saturated heterocycles. The number of hydrogen-bond acceptors (Lipinski definition) is 2. The minimum atomic E-state index is -0.369. The van der Waals surface area contributed by atoms with E-state index in [0.717, 1.165) is 15.0 Å². The number of imide groups is 1. The molecule has 0 spiro atoms. The molecule has 1 aliphatic rings. The molecule has 0 atom stereocenters. The number of urea groups is 1. The molecule has 2 heterocycles. The molecule has 6 heteroatoms. The highest BCUT2D eigenvalue weighted by atomic mass is 127. The predicted molar refractivity (Wildman–Crippen MR) is 92.4 cm³/mol. The Morgan fingerprint density at radius 1 is 1.18 bits per heavy atom. The minimum absolute atomic E-state index is 0.289. The van der Waals surface area contributed by atoms with Crippen LogP contribution >= 0.6 is 22.6 Å². The van der Waals surface area contributed by atoms with Gasteiger partial charge in [-0.05, 0) is 72.0 Å². The van der Waals surface area contributed by atoms with Gasteiger partial charge in [0.2, 0.25) is 0 Å². The Hall–Kier alpha value is -2.09. The molecule has 3 amide bonds. The lowest BCUT2D eigenvalue weighted by Crippen LogP contribution is -2.30. The molecule has 5 nitrogen and oxygen atoms in total. The molecular formula is C16H14IN3O2. The van der Waals surface area contributed by atoms with Crippen LogP contribution in [0, 0.1) is 3.57 Å². The molecular weight excluding hydrogens is 393 g/mol. The van der Waals surface area contributed by atoms with Crippen molar-refractivity contribution in [2.75, 3.05) is 6.54 Å². The molecule has 2 aromatic rings. The van der Waals surface area contributed by atoms with Gasteiger partial charge >= 0.3 is 6.03 Å². The number of nitrogens with one attached hydrogen (secondary N) is 1. The van der Waals surface area contributed by atoms with E-state index in [1.165, 1.54) is 4.90 Å². The first kappa shape index (κ1) is 14.8. The third-order valence-corrected chi connectivity index (χ3v) is 4.18. The van der Waals surface area contributed by atoms with Gasteiger partial charge in [-0.1, -0.05) is 0 Å². The summed E-state index contributed by atoms with van der Waals surface area (Å²) in [5.41, 5.74) is 2.14. The fourth-order valence-corrected chi connectivity index (χ4v) is 2.71. The van der Waals surface area contributed by atoms with Crippen LogP contribution in [0.4, 0.5) is 4.79 Å². The molecule has 22 heavy (non-hydrogen) atoms. The number of nitrogens with zero attached hydrogens (tertiary/aromatic N) is 2. The van der Waals surface area contributed by atoms with Crippen LogP contribution in [0.3, 0.4) is 0 Å². The number of amides is 3. The van der Waals surface area contributed by atoms with Crippen molar-refractivity contribution in [3.05, 3.63) is 57.6 Å². The fraction of sp³-hybridized carbons (Fsp3) is 0.125. The molecule has 112 valence electrons. The van der Waals surface area contributed by atoms with Crippen molar-refractivity contribution in [1.29, 1.82) is 0 Å². The van der Waals surface area contributed by atoms with E-state index in [9.17, 15) is 9.59 Å². The first-order valence-corrected chi connectivity index (χ1v) is 7.96. The summed E-state index contributed by atoms with van der Waals surface area (Å²) in [6.45, 7) is 2.13. The number of likely N-dealkylation sites (N-methyl/N-ethyl adjacent to an activating group) is 1. The van der Waals surface area contributed by atoms with E-state index in [0.29, 0.717) is 12.2 Å². The highest BCUT2D eigenvalue weighted by Crippen LogP contribution is 2.19. The lowest BCUT2D eigenvalue weighted by Gasteiger charge is -2.07. The summed E-state index contributed by atoms with van der Waals surface area (Å²) in [7, 11) is 0. The van der Waals surface area contributed by atoms with E-state index in [4.69, 9.17) is 0 Å². The Balaban J connectivity index is 1.96. The zero-order chi connectivity index (χ0) is 15.7. The second-order valence-corrected chi connectivity index (χ2v) is 6.06.